The van der Waals surface area contributed by atoms with Gasteiger partial charge in [-0.3, -0.25) is 4.79 Å². The summed E-state index contributed by atoms with van der Waals surface area (Å²) in [6, 6.07) is 5.18. The van der Waals surface area contributed by atoms with Gasteiger partial charge < -0.3 is 14.7 Å². The van der Waals surface area contributed by atoms with Crippen LogP contribution in [0.1, 0.15) is 37.2 Å². The SMILES string of the molecule is CC(C)Oc1cccc(C(=O)N2CCCC(O)C2)n1. The van der Waals surface area contributed by atoms with Crippen LogP contribution < -0.4 is 4.74 Å². The van der Waals surface area contributed by atoms with E-state index in [1.807, 2.05) is 13.8 Å². The van der Waals surface area contributed by atoms with Crippen LogP contribution in [0.3, 0.4) is 0 Å². The first-order valence-electron chi connectivity index (χ1n) is 6.67. The molecule has 1 unspecified atom stereocenters. The van der Waals surface area contributed by atoms with Crippen molar-refractivity contribution in [1.29, 1.82) is 0 Å². The van der Waals surface area contributed by atoms with Crippen LogP contribution >= 0.6 is 0 Å². The van der Waals surface area contributed by atoms with E-state index in [0.717, 1.165) is 12.8 Å². The molecular formula is C14H20N2O3. The maximum absolute atomic E-state index is 12.3. The highest BCUT2D eigenvalue weighted by molar-refractivity contribution is 5.92. The van der Waals surface area contributed by atoms with Gasteiger partial charge in [0.2, 0.25) is 5.88 Å². The molecule has 1 aromatic rings. The number of β-amino-alcohol motifs (C(OH)–C–C–N with tert-alkyl or cyclic N) is 1. The molecule has 19 heavy (non-hydrogen) atoms. The molecular weight excluding hydrogens is 244 g/mol. The van der Waals surface area contributed by atoms with E-state index in [1.54, 1.807) is 23.1 Å². The van der Waals surface area contributed by atoms with Gasteiger partial charge in [0.15, 0.2) is 0 Å². The van der Waals surface area contributed by atoms with Crippen molar-refractivity contribution in [3.63, 3.8) is 0 Å². The Balaban J connectivity index is 2.10. The summed E-state index contributed by atoms with van der Waals surface area (Å²) in [4.78, 5) is 18.1. The summed E-state index contributed by atoms with van der Waals surface area (Å²) >= 11 is 0. The van der Waals surface area contributed by atoms with Crippen LogP contribution in [-0.2, 0) is 0 Å². The second kappa shape index (κ2) is 6.02. The average Bonchev–Trinajstić information content (AvgIpc) is 2.37. The molecule has 0 saturated carbocycles. The summed E-state index contributed by atoms with van der Waals surface area (Å²) < 4.78 is 5.48. The van der Waals surface area contributed by atoms with Gasteiger partial charge >= 0.3 is 0 Å². The monoisotopic (exact) mass is 264 g/mol. The highest BCUT2D eigenvalue weighted by Crippen LogP contribution is 2.15. The van der Waals surface area contributed by atoms with Crippen molar-refractivity contribution >= 4 is 5.91 Å². The molecule has 104 valence electrons. The summed E-state index contributed by atoms with van der Waals surface area (Å²) in [5.41, 5.74) is 0.368. The molecule has 1 atom stereocenters. The smallest absolute Gasteiger partial charge is 0.272 e. The number of ether oxygens (including phenoxy) is 1. The van der Waals surface area contributed by atoms with Crippen molar-refractivity contribution in [2.45, 2.75) is 38.9 Å². The van der Waals surface area contributed by atoms with Gasteiger partial charge in [-0.05, 0) is 32.8 Å². The van der Waals surface area contributed by atoms with Gasteiger partial charge in [-0.2, -0.15) is 0 Å². The number of likely N-dealkylation sites (tertiary alicyclic amines) is 1. The van der Waals surface area contributed by atoms with Crippen LogP contribution in [0.5, 0.6) is 5.88 Å². The maximum Gasteiger partial charge on any atom is 0.272 e. The third-order valence-electron chi connectivity index (χ3n) is 2.98. The van der Waals surface area contributed by atoms with E-state index in [0.29, 0.717) is 24.7 Å². The first-order chi connectivity index (χ1) is 9.06. The van der Waals surface area contributed by atoms with Crippen molar-refractivity contribution in [2.75, 3.05) is 13.1 Å². The van der Waals surface area contributed by atoms with E-state index in [-0.39, 0.29) is 12.0 Å². The summed E-state index contributed by atoms with van der Waals surface area (Å²) in [6.07, 6.45) is 1.19. The van der Waals surface area contributed by atoms with E-state index in [4.69, 9.17) is 4.74 Å². The van der Waals surface area contributed by atoms with Gasteiger partial charge in [0.05, 0.1) is 12.2 Å². The minimum absolute atomic E-state index is 0.0228. The topological polar surface area (TPSA) is 62.7 Å². The molecule has 0 spiro atoms. The molecule has 0 bridgehead atoms. The van der Waals surface area contributed by atoms with E-state index in [1.165, 1.54) is 0 Å². The Morgan fingerprint density at radius 2 is 2.32 bits per heavy atom. The highest BCUT2D eigenvalue weighted by atomic mass is 16.5. The van der Waals surface area contributed by atoms with Crippen LogP contribution in [0, 0.1) is 0 Å². The van der Waals surface area contributed by atoms with E-state index in [2.05, 4.69) is 4.98 Å². The summed E-state index contributed by atoms with van der Waals surface area (Å²) in [6.45, 7) is 4.89. The fourth-order valence-electron chi connectivity index (χ4n) is 2.14. The molecule has 1 aliphatic rings. The molecule has 0 radical (unpaired) electrons. The normalized spacial score (nSPS) is 19.6. The first kappa shape index (κ1) is 13.8. The van der Waals surface area contributed by atoms with Gasteiger partial charge in [0.25, 0.3) is 5.91 Å². The van der Waals surface area contributed by atoms with Crippen molar-refractivity contribution in [3.8, 4) is 5.88 Å². The summed E-state index contributed by atoms with van der Waals surface area (Å²) in [5, 5.41) is 9.61. The molecule has 2 rings (SSSR count). The van der Waals surface area contributed by atoms with Crippen LogP contribution in [-0.4, -0.2) is 46.2 Å². The van der Waals surface area contributed by atoms with Gasteiger partial charge in [-0.1, -0.05) is 6.07 Å². The zero-order valence-electron chi connectivity index (χ0n) is 11.4. The zero-order chi connectivity index (χ0) is 13.8. The Kier molecular flexibility index (Phi) is 4.37. The molecule has 0 aliphatic carbocycles. The van der Waals surface area contributed by atoms with Gasteiger partial charge in [0, 0.05) is 19.2 Å². The predicted octanol–water partition coefficient (Wildman–Crippen LogP) is 1.47. The van der Waals surface area contributed by atoms with Crippen molar-refractivity contribution < 1.29 is 14.6 Å². The minimum Gasteiger partial charge on any atom is -0.475 e. The Morgan fingerprint density at radius 3 is 3.00 bits per heavy atom. The molecule has 5 heteroatoms. The molecule has 1 aliphatic heterocycles. The average molecular weight is 264 g/mol. The van der Waals surface area contributed by atoms with E-state index >= 15 is 0 Å². The Morgan fingerprint density at radius 1 is 1.53 bits per heavy atom. The van der Waals surface area contributed by atoms with Gasteiger partial charge in [0.1, 0.15) is 5.69 Å². The predicted molar refractivity (Wildman–Crippen MR) is 71.1 cm³/mol. The van der Waals surface area contributed by atoms with Crippen molar-refractivity contribution in [3.05, 3.63) is 23.9 Å². The third-order valence-corrected chi connectivity index (χ3v) is 2.98. The largest absolute Gasteiger partial charge is 0.475 e. The Hall–Kier alpha value is -1.62. The number of aliphatic hydroxyl groups excluding tert-OH is 1. The standard InChI is InChI=1S/C14H20N2O3/c1-10(2)19-13-7-3-6-12(15-13)14(18)16-8-4-5-11(17)9-16/h3,6-7,10-11,17H,4-5,8-9H2,1-2H3. The van der Waals surface area contributed by atoms with Gasteiger partial charge in [-0.25, -0.2) is 4.98 Å². The quantitative estimate of drug-likeness (QED) is 0.898. The second-order valence-corrected chi connectivity index (χ2v) is 5.07. The number of carbonyl (C=O) groups is 1. The van der Waals surface area contributed by atoms with Crippen LogP contribution in [0.25, 0.3) is 0 Å². The molecule has 1 saturated heterocycles. The number of rotatable bonds is 3. The number of pyridine rings is 1. The lowest BCUT2D eigenvalue weighted by molar-refractivity contribution is 0.0468. The number of nitrogens with zero attached hydrogens (tertiary/aromatic N) is 2. The molecule has 1 amide bonds. The zero-order valence-corrected chi connectivity index (χ0v) is 11.4. The van der Waals surface area contributed by atoms with Gasteiger partial charge in [-0.15, -0.1) is 0 Å². The number of piperidine rings is 1. The van der Waals surface area contributed by atoms with Crippen LogP contribution in [0.4, 0.5) is 0 Å². The second-order valence-electron chi connectivity index (χ2n) is 5.07. The number of amides is 1. The molecule has 1 fully saturated rings. The number of hydrogen-bond donors (Lipinski definition) is 1. The van der Waals surface area contributed by atoms with E-state index in [9.17, 15) is 9.90 Å². The lowest BCUT2D eigenvalue weighted by Gasteiger charge is -2.29. The highest BCUT2D eigenvalue weighted by Gasteiger charge is 2.24. The molecule has 1 aromatic heterocycles. The van der Waals surface area contributed by atoms with Crippen molar-refractivity contribution in [2.24, 2.45) is 0 Å². The molecule has 0 aromatic carbocycles. The fraction of sp³-hybridized carbons (Fsp3) is 0.571. The van der Waals surface area contributed by atoms with Crippen molar-refractivity contribution in [1.82, 2.24) is 9.88 Å². The molecule has 2 heterocycles. The number of aromatic nitrogens is 1. The minimum atomic E-state index is -0.423. The fourth-order valence-corrected chi connectivity index (χ4v) is 2.14. The molecule has 1 N–H and O–H groups in total. The number of carbonyl (C=O) groups excluding carboxylic acids is 1. The number of aliphatic hydroxyl groups is 1. The van der Waals surface area contributed by atoms with Crippen LogP contribution in [0.2, 0.25) is 0 Å². The lowest BCUT2D eigenvalue weighted by atomic mass is 10.1. The van der Waals surface area contributed by atoms with Crippen LogP contribution in [0.15, 0.2) is 18.2 Å². The first-order valence-corrected chi connectivity index (χ1v) is 6.67. The third kappa shape index (κ3) is 3.67. The summed E-state index contributed by atoms with van der Waals surface area (Å²) in [5.74, 6) is 0.311. The number of hydrogen-bond acceptors (Lipinski definition) is 4. The Bertz CT molecular complexity index is 448. The summed E-state index contributed by atoms with van der Waals surface area (Å²) in [7, 11) is 0. The van der Waals surface area contributed by atoms with E-state index < -0.39 is 6.10 Å². The lowest BCUT2D eigenvalue weighted by Crippen LogP contribution is -2.42. The molecule has 5 nitrogen and oxygen atoms in total. The maximum atomic E-state index is 12.3. The Labute approximate surface area is 113 Å².